The number of sulfonamides is 1. The lowest BCUT2D eigenvalue weighted by Gasteiger charge is -2.14. The summed E-state index contributed by atoms with van der Waals surface area (Å²) >= 11 is 1.38. The summed E-state index contributed by atoms with van der Waals surface area (Å²) in [6.07, 6.45) is 4.14. The second-order valence-corrected chi connectivity index (χ2v) is 7.63. The maximum Gasteiger partial charge on any atom is 0.238 e. The van der Waals surface area contributed by atoms with E-state index in [2.05, 4.69) is 10.3 Å². The van der Waals surface area contributed by atoms with E-state index < -0.39 is 10.0 Å². The Kier molecular flexibility index (Phi) is 5.45. The number of benzene rings is 1. The van der Waals surface area contributed by atoms with E-state index in [-0.39, 0.29) is 16.1 Å². The van der Waals surface area contributed by atoms with E-state index in [0.717, 1.165) is 5.16 Å². The molecule has 0 radical (unpaired) electrons. The van der Waals surface area contributed by atoms with Crippen molar-refractivity contribution in [1.29, 1.82) is 0 Å². The molecular formula is C14H18N4O3S2. The van der Waals surface area contributed by atoms with Crippen LogP contribution in [0.2, 0.25) is 0 Å². The van der Waals surface area contributed by atoms with Crippen molar-refractivity contribution in [2.24, 2.45) is 12.2 Å². The normalized spacial score (nSPS) is 12.8. The monoisotopic (exact) mass is 354 g/mol. The Labute approximate surface area is 139 Å². The number of hydrogen-bond donors (Lipinski definition) is 2. The molecule has 0 bridgehead atoms. The van der Waals surface area contributed by atoms with E-state index in [0.29, 0.717) is 12.1 Å². The highest BCUT2D eigenvalue weighted by Gasteiger charge is 2.20. The molecule has 1 heterocycles. The average Bonchev–Trinajstić information content (AvgIpc) is 2.89. The first-order valence-electron chi connectivity index (χ1n) is 6.89. The van der Waals surface area contributed by atoms with Crippen LogP contribution in [0.3, 0.4) is 0 Å². The molecule has 2 aromatic rings. The molecule has 0 saturated carbocycles. The maximum absolute atomic E-state index is 12.4. The van der Waals surface area contributed by atoms with E-state index >= 15 is 0 Å². The Morgan fingerprint density at radius 2 is 2.04 bits per heavy atom. The minimum atomic E-state index is -3.74. The number of thioether (sulfide) groups is 1. The molecule has 23 heavy (non-hydrogen) atoms. The molecule has 1 atom stereocenters. The minimum absolute atomic E-state index is 0.00456. The fourth-order valence-corrected chi connectivity index (χ4v) is 3.32. The lowest BCUT2D eigenvalue weighted by Crippen LogP contribution is -2.25. The molecule has 3 N–H and O–H groups in total. The quantitative estimate of drug-likeness (QED) is 0.766. The van der Waals surface area contributed by atoms with Crippen molar-refractivity contribution in [3.8, 4) is 0 Å². The molecule has 9 heteroatoms. The molecule has 1 aromatic heterocycles. The molecule has 0 saturated heterocycles. The lowest BCUT2D eigenvalue weighted by molar-refractivity contribution is -0.115. The molecule has 124 valence electrons. The molecular weight excluding hydrogens is 336 g/mol. The van der Waals surface area contributed by atoms with Crippen LogP contribution >= 0.6 is 11.8 Å². The van der Waals surface area contributed by atoms with Crippen LogP contribution in [0, 0.1) is 0 Å². The van der Waals surface area contributed by atoms with Gasteiger partial charge in [-0.1, -0.05) is 18.7 Å². The van der Waals surface area contributed by atoms with Gasteiger partial charge in [0.1, 0.15) is 0 Å². The van der Waals surface area contributed by atoms with Crippen LogP contribution in [0.5, 0.6) is 0 Å². The molecule has 0 fully saturated rings. The summed E-state index contributed by atoms with van der Waals surface area (Å²) in [5.74, 6) is -0.163. The number of hydrogen-bond acceptors (Lipinski definition) is 5. The largest absolute Gasteiger partial charge is 0.329 e. The molecule has 0 spiro atoms. The van der Waals surface area contributed by atoms with Crippen molar-refractivity contribution in [2.45, 2.75) is 28.6 Å². The summed E-state index contributed by atoms with van der Waals surface area (Å²) in [7, 11) is -1.87. The fraction of sp³-hybridized carbons (Fsp3) is 0.286. The molecule has 0 aliphatic rings. The fourth-order valence-electron chi connectivity index (χ4n) is 1.87. The Bertz CT molecular complexity index is 785. The number of primary sulfonamides is 1. The summed E-state index contributed by atoms with van der Waals surface area (Å²) in [5, 5.41) is 8.27. The molecule has 0 aliphatic carbocycles. The number of anilines is 1. The number of carbonyl (C=O) groups excluding carboxylic acids is 1. The number of rotatable bonds is 6. The zero-order valence-electron chi connectivity index (χ0n) is 12.8. The predicted molar refractivity (Wildman–Crippen MR) is 89.6 cm³/mol. The number of aromatic nitrogens is 2. The Morgan fingerprint density at radius 3 is 2.52 bits per heavy atom. The van der Waals surface area contributed by atoms with Crippen LogP contribution in [0.25, 0.3) is 0 Å². The standard InChI is InChI=1S/C14H18N4O3S2/c1-3-12(22-14-16-8-9-18(14)2)13(19)17-10-4-6-11(7-5-10)23(15,20)21/h4-9,12H,3H2,1-2H3,(H,17,19)(H2,15,20,21)/t12-/m1/s1. The smallest absolute Gasteiger partial charge is 0.238 e. The van der Waals surface area contributed by atoms with Gasteiger partial charge < -0.3 is 9.88 Å². The zero-order chi connectivity index (χ0) is 17.0. The topological polar surface area (TPSA) is 107 Å². The Morgan fingerprint density at radius 1 is 1.39 bits per heavy atom. The summed E-state index contributed by atoms with van der Waals surface area (Å²) in [5.41, 5.74) is 0.515. The van der Waals surface area contributed by atoms with Crippen LogP contribution in [-0.4, -0.2) is 29.1 Å². The zero-order valence-corrected chi connectivity index (χ0v) is 14.4. The van der Waals surface area contributed by atoms with Gasteiger partial charge in [-0.3, -0.25) is 4.79 Å². The summed E-state index contributed by atoms with van der Waals surface area (Å²) in [6, 6.07) is 5.74. The minimum Gasteiger partial charge on any atom is -0.329 e. The summed E-state index contributed by atoms with van der Waals surface area (Å²) in [6.45, 7) is 1.92. The summed E-state index contributed by atoms with van der Waals surface area (Å²) in [4.78, 5) is 16.6. The first-order chi connectivity index (χ1) is 10.8. The average molecular weight is 354 g/mol. The van der Waals surface area contributed by atoms with Gasteiger partial charge in [-0.2, -0.15) is 0 Å². The highest BCUT2D eigenvalue weighted by Crippen LogP contribution is 2.24. The van der Waals surface area contributed by atoms with Gasteiger partial charge in [-0.25, -0.2) is 18.5 Å². The first kappa shape index (κ1) is 17.5. The van der Waals surface area contributed by atoms with Gasteiger partial charge in [0.2, 0.25) is 15.9 Å². The van der Waals surface area contributed by atoms with Gasteiger partial charge in [-0.05, 0) is 30.7 Å². The van der Waals surface area contributed by atoms with Crippen molar-refractivity contribution in [3.63, 3.8) is 0 Å². The van der Waals surface area contributed by atoms with Crippen molar-refractivity contribution in [3.05, 3.63) is 36.7 Å². The van der Waals surface area contributed by atoms with E-state index in [1.807, 2.05) is 24.7 Å². The van der Waals surface area contributed by atoms with Crippen molar-refractivity contribution in [1.82, 2.24) is 9.55 Å². The van der Waals surface area contributed by atoms with Crippen LogP contribution in [0.15, 0.2) is 46.7 Å². The third kappa shape index (κ3) is 4.57. The third-order valence-corrected chi connectivity index (χ3v) is 5.50. The molecule has 0 unspecified atom stereocenters. The van der Waals surface area contributed by atoms with Crippen molar-refractivity contribution >= 4 is 33.4 Å². The lowest BCUT2D eigenvalue weighted by atomic mass is 10.3. The highest BCUT2D eigenvalue weighted by atomic mass is 32.2. The van der Waals surface area contributed by atoms with Crippen LogP contribution < -0.4 is 10.5 Å². The van der Waals surface area contributed by atoms with Gasteiger partial charge in [0.05, 0.1) is 10.1 Å². The van der Waals surface area contributed by atoms with Gasteiger partial charge in [0.15, 0.2) is 5.16 Å². The van der Waals surface area contributed by atoms with Crippen molar-refractivity contribution < 1.29 is 13.2 Å². The molecule has 1 aromatic carbocycles. The van der Waals surface area contributed by atoms with Gasteiger partial charge in [0, 0.05) is 25.1 Å². The van der Waals surface area contributed by atoms with Crippen molar-refractivity contribution in [2.75, 3.05) is 5.32 Å². The SMILES string of the molecule is CC[C@@H](Sc1nccn1C)C(=O)Nc1ccc(S(N)(=O)=O)cc1. The number of amides is 1. The highest BCUT2D eigenvalue weighted by molar-refractivity contribution is 8.00. The van der Waals surface area contributed by atoms with Gasteiger partial charge in [-0.15, -0.1) is 0 Å². The summed E-state index contributed by atoms with van der Waals surface area (Å²) < 4.78 is 24.3. The molecule has 2 rings (SSSR count). The maximum atomic E-state index is 12.4. The van der Waals surface area contributed by atoms with E-state index in [4.69, 9.17) is 5.14 Å². The Hall–Kier alpha value is -1.84. The molecule has 7 nitrogen and oxygen atoms in total. The number of imidazole rings is 1. The number of nitrogens with one attached hydrogen (secondary N) is 1. The second kappa shape index (κ2) is 7.16. The van der Waals surface area contributed by atoms with Gasteiger partial charge >= 0.3 is 0 Å². The van der Waals surface area contributed by atoms with E-state index in [9.17, 15) is 13.2 Å². The van der Waals surface area contributed by atoms with E-state index in [1.54, 1.807) is 6.20 Å². The number of nitrogens with zero attached hydrogens (tertiary/aromatic N) is 2. The van der Waals surface area contributed by atoms with Crippen LogP contribution in [0.4, 0.5) is 5.69 Å². The van der Waals surface area contributed by atoms with E-state index in [1.165, 1.54) is 36.0 Å². The molecule has 1 amide bonds. The number of carbonyl (C=O) groups is 1. The molecule has 0 aliphatic heterocycles. The van der Waals surface area contributed by atoms with Gasteiger partial charge in [0.25, 0.3) is 0 Å². The first-order valence-corrected chi connectivity index (χ1v) is 9.31. The predicted octanol–water partition coefficient (Wildman–Crippen LogP) is 1.58. The number of aryl methyl sites for hydroxylation is 1. The van der Waals surface area contributed by atoms with Crippen LogP contribution in [-0.2, 0) is 21.9 Å². The van der Waals surface area contributed by atoms with Crippen LogP contribution in [0.1, 0.15) is 13.3 Å². The Balaban J connectivity index is 2.06. The second-order valence-electron chi connectivity index (χ2n) is 4.89. The number of nitrogens with two attached hydrogens (primary N) is 1. The third-order valence-electron chi connectivity index (χ3n) is 3.14.